The molecular weight excluding hydrogens is 390 g/mol. The van der Waals surface area contributed by atoms with Crippen LogP contribution in [-0.2, 0) is 0 Å². The number of halogens is 1. The molecule has 2 aromatic heterocycles. The molecule has 2 aliphatic heterocycles. The summed E-state index contributed by atoms with van der Waals surface area (Å²) >= 11 is 6.00. The minimum Gasteiger partial charge on any atom is -0.338 e. The normalized spacial score (nSPS) is 22.2. The molecule has 29 heavy (non-hydrogen) atoms. The molecule has 2 amide bonds. The van der Waals surface area contributed by atoms with Gasteiger partial charge in [-0.2, -0.15) is 5.10 Å². The second-order valence-electron chi connectivity index (χ2n) is 8.37. The number of nitrogens with one attached hydrogen (secondary N) is 1. The third kappa shape index (κ3) is 3.88. The van der Waals surface area contributed by atoms with Gasteiger partial charge in [0.2, 0.25) is 0 Å². The van der Waals surface area contributed by atoms with E-state index in [9.17, 15) is 9.59 Å². The van der Waals surface area contributed by atoms with Gasteiger partial charge in [-0.25, -0.2) is 0 Å². The van der Waals surface area contributed by atoms with Gasteiger partial charge >= 0.3 is 0 Å². The highest BCUT2D eigenvalue weighted by molar-refractivity contribution is 6.30. The number of likely N-dealkylation sites (tertiary alicyclic amines) is 2. The van der Waals surface area contributed by atoms with Gasteiger partial charge in [0.25, 0.3) is 11.8 Å². The molecule has 0 aromatic carbocycles. The average Bonchev–Trinajstić information content (AvgIpc) is 3.19. The Morgan fingerprint density at radius 1 is 1.07 bits per heavy atom. The van der Waals surface area contributed by atoms with Gasteiger partial charge in [-0.3, -0.25) is 19.7 Å². The van der Waals surface area contributed by atoms with Gasteiger partial charge in [-0.15, -0.1) is 0 Å². The maximum Gasteiger partial charge on any atom is 0.274 e. The van der Waals surface area contributed by atoms with Crippen LogP contribution in [0.25, 0.3) is 0 Å². The highest BCUT2D eigenvalue weighted by atomic mass is 35.5. The molecule has 1 unspecified atom stereocenters. The van der Waals surface area contributed by atoms with E-state index in [2.05, 4.69) is 15.2 Å². The van der Waals surface area contributed by atoms with Crippen molar-refractivity contribution in [3.8, 4) is 0 Å². The first-order chi connectivity index (χ1) is 13.9. The number of hydrogen-bond acceptors (Lipinski definition) is 4. The third-order valence-electron chi connectivity index (χ3n) is 6.33. The molecule has 0 radical (unpaired) electrons. The Bertz CT molecular complexity index is 943. The monoisotopic (exact) mass is 415 g/mol. The summed E-state index contributed by atoms with van der Waals surface area (Å²) in [5.41, 5.74) is 2.79. The smallest absolute Gasteiger partial charge is 0.274 e. The van der Waals surface area contributed by atoms with Crippen LogP contribution in [0.4, 0.5) is 0 Å². The van der Waals surface area contributed by atoms with Crippen molar-refractivity contribution >= 4 is 23.4 Å². The molecule has 4 heterocycles. The quantitative estimate of drug-likeness (QED) is 0.816. The summed E-state index contributed by atoms with van der Waals surface area (Å²) in [7, 11) is 0. The van der Waals surface area contributed by atoms with Crippen molar-refractivity contribution in [2.45, 2.75) is 39.5 Å². The van der Waals surface area contributed by atoms with Crippen molar-refractivity contribution in [3.05, 3.63) is 46.0 Å². The Morgan fingerprint density at radius 3 is 2.52 bits per heavy atom. The van der Waals surface area contributed by atoms with E-state index in [1.165, 1.54) is 6.20 Å². The van der Waals surface area contributed by atoms with Crippen LogP contribution in [0.5, 0.6) is 0 Å². The van der Waals surface area contributed by atoms with Crippen LogP contribution >= 0.6 is 11.6 Å². The van der Waals surface area contributed by atoms with E-state index in [4.69, 9.17) is 11.6 Å². The van der Waals surface area contributed by atoms with Gasteiger partial charge in [-0.1, -0.05) is 18.0 Å². The molecule has 4 rings (SSSR count). The Kier molecular flexibility index (Phi) is 5.34. The fourth-order valence-electron chi connectivity index (χ4n) is 4.54. The second kappa shape index (κ2) is 7.78. The minimum atomic E-state index is -0.0624. The summed E-state index contributed by atoms with van der Waals surface area (Å²) in [5.74, 6) is -0.0605. The molecule has 1 atom stereocenters. The number of H-pyrrole nitrogens is 1. The SMILES string of the molecule is Cc1[nH]nc(C(=O)N2CCCCC3(CCN(C(=O)c4cncc(Cl)c4)C3)C2)c1C. The summed E-state index contributed by atoms with van der Waals surface area (Å²) in [6.07, 6.45) is 7.04. The number of aryl methyl sites for hydroxylation is 1. The molecule has 0 saturated carbocycles. The number of carbonyl (C=O) groups excluding carboxylic acids is 2. The van der Waals surface area contributed by atoms with Crippen LogP contribution in [0.2, 0.25) is 5.02 Å². The molecule has 0 aliphatic carbocycles. The lowest BCUT2D eigenvalue weighted by atomic mass is 9.82. The molecule has 0 bridgehead atoms. The molecule has 7 nitrogen and oxygen atoms in total. The fraction of sp³-hybridized carbons (Fsp3) is 0.524. The second-order valence-corrected chi connectivity index (χ2v) is 8.81. The molecule has 2 aliphatic rings. The number of carbonyl (C=O) groups is 2. The highest BCUT2D eigenvalue weighted by Gasteiger charge is 2.43. The maximum absolute atomic E-state index is 13.1. The summed E-state index contributed by atoms with van der Waals surface area (Å²) < 4.78 is 0. The lowest BCUT2D eigenvalue weighted by Crippen LogP contribution is -2.42. The highest BCUT2D eigenvalue weighted by Crippen LogP contribution is 2.39. The van der Waals surface area contributed by atoms with Crippen molar-refractivity contribution in [1.29, 1.82) is 0 Å². The first kappa shape index (κ1) is 19.9. The predicted molar refractivity (Wildman–Crippen MR) is 110 cm³/mol. The summed E-state index contributed by atoms with van der Waals surface area (Å²) in [6, 6.07) is 1.66. The van der Waals surface area contributed by atoms with Gasteiger partial charge in [0.05, 0.1) is 10.6 Å². The molecular formula is C21H26ClN5O2. The summed E-state index contributed by atoms with van der Waals surface area (Å²) in [6.45, 7) is 6.59. The number of nitrogens with zero attached hydrogens (tertiary/aromatic N) is 4. The zero-order valence-corrected chi connectivity index (χ0v) is 17.6. The Balaban J connectivity index is 1.51. The third-order valence-corrected chi connectivity index (χ3v) is 6.54. The average molecular weight is 416 g/mol. The van der Waals surface area contributed by atoms with Crippen LogP contribution in [0.1, 0.15) is 57.8 Å². The van der Waals surface area contributed by atoms with E-state index in [0.29, 0.717) is 35.9 Å². The largest absolute Gasteiger partial charge is 0.338 e. The van der Waals surface area contributed by atoms with Gasteiger partial charge in [0, 0.05) is 55.2 Å². The fourth-order valence-corrected chi connectivity index (χ4v) is 4.71. The first-order valence-corrected chi connectivity index (χ1v) is 10.5. The van der Waals surface area contributed by atoms with Crippen LogP contribution < -0.4 is 0 Å². The topological polar surface area (TPSA) is 82.2 Å². The van der Waals surface area contributed by atoms with E-state index < -0.39 is 0 Å². The summed E-state index contributed by atoms with van der Waals surface area (Å²) in [4.78, 5) is 33.9. The maximum atomic E-state index is 13.1. The molecule has 1 spiro atoms. The predicted octanol–water partition coefficient (Wildman–Crippen LogP) is 3.23. The molecule has 2 fully saturated rings. The van der Waals surface area contributed by atoms with Crippen LogP contribution in [-0.4, -0.2) is 63.0 Å². The van der Waals surface area contributed by atoms with Gasteiger partial charge < -0.3 is 9.80 Å². The number of hydrogen-bond donors (Lipinski definition) is 1. The van der Waals surface area contributed by atoms with Crippen LogP contribution in [0.3, 0.4) is 0 Å². The number of amides is 2. The summed E-state index contributed by atoms with van der Waals surface area (Å²) in [5, 5.41) is 7.60. The Morgan fingerprint density at radius 2 is 1.83 bits per heavy atom. The van der Waals surface area contributed by atoms with Crippen molar-refractivity contribution in [3.63, 3.8) is 0 Å². The molecule has 1 N–H and O–H groups in total. The van der Waals surface area contributed by atoms with E-state index in [1.807, 2.05) is 23.6 Å². The van der Waals surface area contributed by atoms with Crippen molar-refractivity contribution < 1.29 is 9.59 Å². The molecule has 154 valence electrons. The van der Waals surface area contributed by atoms with Gasteiger partial charge in [0.1, 0.15) is 0 Å². The van der Waals surface area contributed by atoms with Gasteiger partial charge in [0.15, 0.2) is 5.69 Å². The van der Waals surface area contributed by atoms with Crippen molar-refractivity contribution in [2.75, 3.05) is 26.2 Å². The van der Waals surface area contributed by atoms with E-state index >= 15 is 0 Å². The Hall–Kier alpha value is -2.41. The lowest BCUT2D eigenvalue weighted by molar-refractivity contribution is 0.0662. The van der Waals surface area contributed by atoms with E-state index in [0.717, 1.165) is 43.5 Å². The zero-order chi connectivity index (χ0) is 20.6. The number of rotatable bonds is 2. The molecule has 2 aromatic rings. The van der Waals surface area contributed by atoms with Crippen LogP contribution in [0.15, 0.2) is 18.5 Å². The number of pyridine rings is 1. The zero-order valence-electron chi connectivity index (χ0n) is 16.9. The molecule has 8 heteroatoms. The number of aromatic nitrogens is 3. The Labute approximate surface area is 175 Å². The van der Waals surface area contributed by atoms with Crippen LogP contribution in [0, 0.1) is 19.3 Å². The van der Waals surface area contributed by atoms with E-state index in [-0.39, 0.29) is 17.2 Å². The standard InChI is InChI=1S/C21H26ClN5O2/c1-14-15(2)24-25-18(14)20(29)26-7-4-3-5-21(12-26)6-8-27(13-21)19(28)16-9-17(22)11-23-10-16/h9-11H,3-8,12-13H2,1-2H3,(H,24,25). The minimum absolute atomic E-state index is 0.0167. The number of aromatic amines is 1. The first-order valence-electron chi connectivity index (χ1n) is 10.1. The lowest BCUT2D eigenvalue weighted by Gasteiger charge is -2.32. The van der Waals surface area contributed by atoms with E-state index in [1.54, 1.807) is 12.3 Å². The molecule has 2 saturated heterocycles. The van der Waals surface area contributed by atoms with Gasteiger partial charge in [-0.05, 0) is 39.2 Å². The van der Waals surface area contributed by atoms with Crippen molar-refractivity contribution in [2.24, 2.45) is 5.41 Å². The van der Waals surface area contributed by atoms with Crippen molar-refractivity contribution in [1.82, 2.24) is 25.0 Å².